The normalized spacial score (nSPS) is 13.0. The van der Waals surface area contributed by atoms with Crippen molar-refractivity contribution >= 4 is 26.9 Å². The Morgan fingerprint density at radius 2 is 2.21 bits per heavy atom. The van der Waals surface area contributed by atoms with Crippen molar-refractivity contribution in [3.05, 3.63) is 52.5 Å². The smallest absolute Gasteiger partial charge is 0.135 e. The van der Waals surface area contributed by atoms with Crippen LogP contribution in [-0.4, -0.2) is 14.9 Å². The van der Waals surface area contributed by atoms with Crippen molar-refractivity contribution in [2.45, 2.75) is 19.6 Å². The predicted molar refractivity (Wildman–Crippen MR) is 75.8 cm³/mol. The van der Waals surface area contributed by atoms with E-state index < -0.39 is 6.10 Å². The Hall–Kier alpha value is -1.59. The first-order valence-electron chi connectivity index (χ1n) is 5.99. The molecule has 0 spiro atoms. The second-order valence-corrected chi connectivity index (χ2v) is 5.44. The molecule has 0 radical (unpaired) electrons. The molecule has 1 N–H and O–H groups in total. The van der Waals surface area contributed by atoms with Gasteiger partial charge in [0.2, 0.25) is 0 Å². The number of aryl methyl sites for hydroxylation is 1. The number of furan rings is 1. The second kappa shape index (κ2) is 4.83. The van der Waals surface area contributed by atoms with Gasteiger partial charge in [0.25, 0.3) is 0 Å². The summed E-state index contributed by atoms with van der Waals surface area (Å²) in [4.78, 5) is 0. The molecule has 0 saturated heterocycles. The number of hydrogen-bond acceptors (Lipinski definition) is 3. The average Bonchev–Trinajstić information content (AvgIpc) is 2.95. The fourth-order valence-electron chi connectivity index (χ4n) is 2.03. The van der Waals surface area contributed by atoms with E-state index in [1.807, 2.05) is 43.5 Å². The molecule has 5 heteroatoms. The second-order valence-electron chi connectivity index (χ2n) is 4.53. The molecule has 1 unspecified atom stereocenters. The molecule has 0 aliphatic heterocycles. The number of aliphatic hydroxyl groups is 1. The van der Waals surface area contributed by atoms with Gasteiger partial charge in [0.05, 0.1) is 12.2 Å². The van der Waals surface area contributed by atoms with Crippen molar-refractivity contribution in [2.75, 3.05) is 0 Å². The zero-order valence-corrected chi connectivity index (χ0v) is 12.0. The molecule has 0 aliphatic rings. The van der Waals surface area contributed by atoms with E-state index in [-0.39, 0.29) is 0 Å². The van der Waals surface area contributed by atoms with E-state index in [0.29, 0.717) is 12.3 Å². The van der Waals surface area contributed by atoms with Gasteiger partial charge in [-0.05, 0) is 37.3 Å². The van der Waals surface area contributed by atoms with Crippen LogP contribution in [-0.2, 0) is 6.54 Å². The summed E-state index contributed by atoms with van der Waals surface area (Å²) >= 11 is 3.42. The van der Waals surface area contributed by atoms with Crippen LogP contribution in [0.5, 0.6) is 0 Å². The summed E-state index contributed by atoms with van der Waals surface area (Å²) in [5.41, 5.74) is 1.70. The van der Waals surface area contributed by atoms with Crippen molar-refractivity contribution < 1.29 is 9.52 Å². The lowest BCUT2D eigenvalue weighted by molar-refractivity contribution is 0.128. The van der Waals surface area contributed by atoms with Crippen LogP contribution in [0.1, 0.15) is 17.6 Å². The molecule has 1 atom stereocenters. The van der Waals surface area contributed by atoms with Gasteiger partial charge in [-0.1, -0.05) is 15.9 Å². The largest absolute Gasteiger partial charge is 0.458 e. The monoisotopic (exact) mass is 320 g/mol. The molecule has 3 rings (SSSR count). The van der Waals surface area contributed by atoms with Gasteiger partial charge in [-0.15, -0.1) is 0 Å². The summed E-state index contributed by atoms with van der Waals surface area (Å²) in [6.07, 6.45) is 1.14. The molecule has 0 amide bonds. The van der Waals surface area contributed by atoms with Gasteiger partial charge in [0.1, 0.15) is 17.4 Å². The van der Waals surface area contributed by atoms with Crippen molar-refractivity contribution in [3.8, 4) is 0 Å². The molecule has 0 aliphatic carbocycles. The van der Waals surface area contributed by atoms with Crippen molar-refractivity contribution in [1.29, 1.82) is 0 Å². The summed E-state index contributed by atoms with van der Waals surface area (Å²) in [5.74, 6) is 0.557. The number of aromatic nitrogens is 2. The van der Waals surface area contributed by atoms with Crippen LogP contribution in [0.25, 0.3) is 11.0 Å². The third-order valence-electron chi connectivity index (χ3n) is 2.96. The highest BCUT2D eigenvalue weighted by molar-refractivity contribution is 9.10. The third-order valence-corrected chi connectivity index (χ3v) is 3.45. The molecule has 98 valence electrons. The van der Waals surface area contributed by atoms with Gasteiger partial charge < -0.3 is 9.52 Å². The van der Waals surface area contributed by atoms with E-state index in [1.165, 1.54) is 0 Å². The van der Waals surface area contributed by atoms with Crippen molar-refractivity contribution in [3.63, 3.8) is 0 Å². The topological polar surface area (TPSA) is 51.2 Å². The van der Waals surface area contributed by atoms with Gasteiger partial charge in [0, 0.05) is 16.1 Å². The quantitative estimate of drug-likeness (QED) is 0.804. The van der Waals surface area contributed by atoms with Crippen LogP contribution < -0.4 is 0 Å². The highest BCUT2D eigenvalue weighted by Crippen LogP contribution is 2.27. The van der Waals surface area contributed by atoms with E-state index in [9.17, 15) is 5.11 Å². The fourth-order valence-corrected chi connectivity index (χ4v) is 2.41. The van der Waals surface area contributed by atoms with Gasteiger partial charge in [-0.2, -0.15) is 5.10 Å². The van der Waals surface area contributed by atoms with Crippen LogP contribution in [0.2, 0.25) is 0 Å². The molecule has 2 aromatic heterocycles. The van der Waals surface area contributed by atoms with E-state index in [4.69, 9.17) is 4.42 Å². The minimum atomic E-state index is -0.703. The summed E-state index contributed by atoms with van der Waals surface area (Å²) in [6.45, 7) is 2.30. The molecule has 0 bridgehead atoms. The number of nitrogens with zero attached hydrogens (tertiary/aromatic N) is 2. The molecular formula is C14H13BrN2O2. The van der Waals surface area contributed by atoms with Gasteiger partial charge >= 0.3 is 0 Å². The molecular weight excluding hydrogens is 308 g/mol. The Balaban J connectivity index is 1.86. The van der Waals surface area contributed by atoms with Crippen molar-refractivity contribution in [1.82, 2.24) is 9.78 Å². The summed E-state index contributed by atoms with van der Waals surface area (Å²) in [7, 11) is 0. The Bertz CT molecular complexity index is 717. The van der Waals surface area contributed by atoms with Crippen LogP contribution >= 0.6 is 15.9 Å². The summed E-state index contributed by atoms with van der Waals surface area (Å²) in [6, 6.07) is 9.53. The van der Waals surface area contributed by atoms with E-state index >= 15 is 0 Å². The Kier molecular flexibility index (Phi) is 3.16. The summed E-state index contributed by atoms with van der Waals surface area (Å²) < 4.78 is 8.35. The van der Waals surface area contributed by atoms with Gasteiger partial charge in [0.15, 0.2) is 0 Å². The zero-order valence-electron chi connectivity index (χ0n) is 10.4. The fraction of sp³-hybridized carbons (Fsp3) is 0.214. The lowest BCUT2D eigenvalue weighted by atomic mass is 10.2. The number of rotatable bonds is 3. The van der Waals surface area contributed by atoms with Gasteiger partial charge in [-0.25, -0.2) is 0 Å². The molecule has 1 aromatic carbocycles. The predicted octanol–water partition coefficient (Wildman–Crippen LogP) is 3.43. The first kappa shape index (κ1) is 12.4. The minimum absolute atomic E-state index is 0.384. The number of fused-ring (bicyclic) bond motifs is 1. The van der Waals surface area contributed by atoms with E-state index in [0.717, 1.165) is 21.1 Å². The first-order valence-corrected chi connectivity index (χ1v) is 6.78. The van der Waals surface area contributed by atoms with E-state index in [1.54, 1.807) is 4.68 Å². The zero-order chi connectivity index (χ0) is 13.4. The SMILES string of the molecule is Cc1ccn(CC(O)c2cc3cc(Br)ccc3o2)n1. The Labute approximate surface area is 118 Å². The average molecular weight is 321 g/mol. The maximum atomic E-state index is 10.2. The molecule has 19 heavy (non-hydrogen) atoms. The number of benzene rings is 1. The number of aliphatic hydroxyl groups excluding tert-OH is 1. The minimum Gasteiger partial charge on any atom is -0.458 e. The Morgan fingerprint density at radius 3 is 2.95 bits per heavy atom. The standard InChI is InChI=1S/C14H13BrN2O2/c1-9-4-5-17(16-9)8-12(18)14-7-10-6-11(15)2-3-13(10)19-14/h2-7,12,18H,8H2,1H3. The lowest BCUT2D eigenvalue weighted by Crippen LogP contribution is -2.08. The van der Waals surface area contributed by atoms with Crippen molar-refractivity contribution in [2.24, 2.45) is 0 Å². The number of halogens is 1. The third kappa shape index (κ3) is 2.57. The maximum absolute atomic E-state index is 10.2. The van der Waals surface area contributed by atoms with Crippen LogP contribution in [0.4, 0.5) is 0 Å². The van der Waals surface area contributed by atoms with Crippen LogP contribution in [0.3, 0.4) is 0 Å². The highest BCUT2D eigenvalue weighted by Gasteiger charge is 2.14. The molecule has 4 nitrogen and oxygen atoms in total. The van der Waals surface area contributed by atoms with Crippen LogP contribution in [0, 0.1) is 6.92 Å². The summed E-state index contributed by atoms with van der Waals surface area (Å²) in [5, 5.41) is 15.4. The van der Waals surface area contributed by atoms with E-state index in [2.05, 4.69) is 21.0 Å². The van der Waals surface area contributed by atoms with Crippen LogP contribution in [0.15, 0.2) is 45.4 Å². The number of hydrogen-bond donors (Lipinski definition) is 1. The molecule has 0 fully saturated rings. The highest BCUT2D eigenvalue weighted by atomic mass is 79.9. The lowest BCUT2D eigenvalue weighted by Gasteiger charge is -2.07. The van der Waals surface area contributed by atoms with Gasteiger partial charge in [-0.3, -0.25) is 4.68 Å². The first-order chi connectivity index (χ1) is 9.11. The maximum Gasteiger partial charge on any atom is 0.135 e. The molecule has 2 heterocycles. The molecule has 3 aromatic rings. The Morgan fingerprint density at radius 1 is 1.37 bits per heavy atom. The molecule has 0 saturated carbocycles.